The molecule has 1 amide bonds. The van der Waals surface area contributed by atoms with Crippen LogP contribution in [-0.2, 0) is 4.79 Å². The summed E-state index contributed by atoms with van der Waals surface area (Å²) in [7, 11) is 0. The Morgan fingerprint density at radius 2 is 2.06 bits per heavy atom. The van der Waals surface area contributed by atoms with Crippen molar-refractivity contribution in [1.29, 1.82) is 0 Å². The maximum absolute atomic E-state index is 12.3. The van der Waals surface area contributed by atoms with Gasteiger partial charge in [-0.1, -0.05) is 13.3 Å². The van der Waals surface area contributed by atoms with E-state index in [0.29, 0.717) is 5.91 Å². The van der Waals surface area contributed by atoms with Gasteiger partial charge >= 0.3 is 0 Å². The lowest BCUT2D eigenvalue weighted by Gasteiger charge is -2.25. The van der Waals surface area contributed by atoms with E-state index < -0.39 is 0 Å². The molecule has 1 N–H and O–H groups in total. The predicted octanol–water partition coefficient (Wildman–Crippen LogP) is 1.81. The van der Waals surface area contributed by atoms with E-state index in [9.17, 15) is 4.79 Å². The van der Waals surface area contributed by atoms with Gasteiger partial charge in [-0.3, -0.25) is 4.79 Å². The summed E-state index contributed by atoms with van der Waals surface area (Å²) >= 11 is 0. The fourth-order valence-corrected chi connectivity index (χ4v) is 2.58. The molecule has 0 spiro atoms. The molecule has 0 aromatic rings. The van der Waals surface area contributed by atoms with Crippen LogP contribution in [0.3, 0.4) is 0 Å². The van der Waals surface area contributed by atoms with E-state index in [4.69, 9.17) is 0 Å². The SMILES string of the molecule is CCCC1(C(=O)N2CCCNCC2)CC1.Cl. The number of nitrogens with one attached hydrogen (secondary N) is 1. The smallest absolute Gasteiger partial charge is 0.228 e. The summed E-state index contributed by atoms with van der Waals surface area (Å²) in [6.07, 6.45) is 5.59. The molecule has 16 heavy (non-hydrogen) atoms. The van der Waals surface area contributed by atoms with Crippen molar-refractivity contribution < 1.29 is 4.79 Å². The molecular formula is C12H23ClN2O. The highest BCUT2D eigenvalue weighted by Gasteiger charge is 2.50. The van der Waals surface area contributed by atoms with Crippen molar-refractivity contribution in [3.05, 3.63) is 0 Å². The van der Waals surface area contributed by atoms with Gasteiger partial charge in [0.05, 0.1) is 0 Å². The third kappa shape index (κ3) is 2.89. The van der Waals surface area contributed by atoms with Crippen molar-refractivity contribution in [1.82, 2.24) is 10.2 Å². The molecule has 1 aliphatic heterocycles. The Bertz CT molecular complexity index is 233. The summed E-state index contributed by atoms with van der Waals surface area (Å²) in [5.41, 5.74) is 0.0685. The number of hydrogen-bond acceptors (Lipinski definition) is 2. The minimum atomic E-state index is 0. The zero-order valence-electron chi connectivity index (χ0n) is 10.1. The molecule has 2 fully saturated rings. The van der Waals surface area contributed by atoms with E-state index in [-0.39, 0.29) is 17.8 Å². The van der Waals surface area contributed by atoms with Gasteiger partial charge in [0.25, 0.3) is 0 Å². The second-order valence-electron chi connectivity index (χ2n) is 4.93. The molecular weight excluding hydrogens is 224 g/mol. The molecule has 1 saturated carbocycles. The molecule has 0 unspecified atom stereocenters. The molecule has 0 aromatic heterocycles. The Kier molecular flexibility index (Phi) is 5.06. The predicted molar refractivity (Wildman–Crippen MR) is 67.9 cm³/mol. The lowest BCUT2D eigenvalue weighted by atomic mass is 9.99. The second-order valence-corrected chi connectivity index (χ2v) is 4.93. The van der Waals surface area contributed by atoms with Crippen LogP contribution in [0, 0.1) is 5.41 Å². The van der Waals surface area contributed by atoms with Crippen molar-refractivity contribution in [2.24, 2.45) is 5.41 Å². The molecule has 2 aliphatic rings. The molecule has 4 heteroatoms. The number of nitrogens with zero attached hydrogens (tertiary/aromatic N) is 1. The van der Waals surface area contributed by atoms with Gasteiger partial charge in [-0.2, -0.15) is 0 Å². The van der Waals surface area contributed by atoms with Gasteiger partial charge in [-0.25, -0.2) is 0 Å². The van der Waals surface area contributed by atoms with Gasteiger partial charge in [0.1, 0.15) is 0 Å². The summed E-state index contributed by atoms with van der Waals surface area (Å²) in [5.74, 6) is 0.438. The number of halogens is 1. The molecule has 3 nitrogen and oxygen atoms in total. The highest BCUT2D eigenvalue weighted by molar-refractivity contribution is 5.85. The third-order valence-corrected chi connectivity index (χ3v) is 3.66. The Morgan fingerprint density at radius 1 is 1.31 bits per heavy atom. The summed E-state index contributed by atoms with van der Waals surface area (Å²) < 4.78 is 0. The van der Waals surface area contributed by atoms with E-state index in [2.05, 4.69) is 17.1 Å². The van der Waals surface area contributed by atoms with Crippen molar-refractivity contribution >= 4 is 18.3 Å². The number of carbonyl (C=O) groups is 1. The quantitative estimate of drug-likeness (QED) is 0.824. The maximum atomic E-state index is 12.3. The van der Waals surface area contributed by atoms with Crippen LogP contribution in [0.25, 0.3) is 0 Å². The number of hydrogen-bond donors (Lipinski definition) is 1. The van der Waals surface area contributed by atoms with Crippen LogP contribution in [0.5, 0.6) is 0 Å². The Morgan fingerprint density at radius 3 is 2.69 bits per heavy atom. The fraction of sp³-hybridized carbons (Fsp3) is 0.917. The summed E-state index contributed by atoms with van der Waals surface area (Å²) in [6.45, 7) is 6.07. The van der Waals surface area contributed by atoms with Gasteiger partial charge in [0.2, 0.25) is 5.91 Å². The highest BCUT2D eigenvalue weighted by Crippen LogP contribution is 2.51. The summed E-state index contributed by atoms with van der Waals surface area (Å²) in [5, 5.41) is 3.34. The molecule has 94 valence electrons. The first-order chi connectivity index (χ1) is 7.28. The van der Waals surface area contributed by atoms with Crippen molar-refractivity contribution in [2.75, 3.05) is 26.2 Å². The van der Waals surface area contributed by atoms with Crippen LogP contribution in [0.1, 0.15) is 39.0 Å². The topological polar surface area (TPSA) is 32.3 Å². The van der Waals surface area contributed by atoms with Gasteiger partial charge < -0.3 is 10.2 Å². The van der Waals surface area contributed by atoms with E-state index in [1.54, 1.807) is 0 Å². The van der Waals surface area contributed by atoms with Gasteiger partial charge in [-0.05, 0) is 32.2 Å². The lowest BCUT2D eigenvalue weighted by Crippen LogP contribution is -2.39. The fourth-order valence-electron chi connectivity index (χ4n) is 2.58. The van der Waals surface area contributed by atoms with Crippen LogP contribution in [-0.4, -0.2) is 37.0 Å². The minimum absolute atomic E-state index is 0. The van der Waals surface area contributed by atoms with Gasteiger partial charge in [-0.15, -0.1) is 12.4 Å². The van der Waals surface area contributed by atoms with Gasteiger partial charge in [0, 0.05) is 25.0 Å². The maximum Gasteiger partial charge on any atom is 0.228 e. The van der Waals surface area contributed by atoms with Crippen LogP contribution < -0.4 is 5.32 Å². The van der Waals surface area contributed by atoms with Crippen molar-refractivity contribution in [3.63, 3.8) is 0 Å². The molecule has 0 bridgehead atoms. The largest absolute Gasteiger partial charge is 0.341 e. The zero-order valence-corrected chi connectivity index (χ0v) is 10.9. The molecule has 1 saturated heterocycles. The first kappa shape index (κ1) is 13.8. The monoisotopic (exact) mass is 246 g/mol. The normalized spacial score (nSPS) is 23.2. The first-order valence-electron chi connectivity index (χ1n) is 6.29. The first-order valence-corrected chi connectivity index (χ1v) is 6.29. The minimum Gasteiger partial charge on any atom is -0.341 e. The van der Waals surface area contributed by atoms with Crippen molar-refractivity contribution in [2.45, 2.75) is 39.0 Å². The average molecular weight is 247 g/mol. The number of carbonyl (C=O) groups excluding carboxylic acids is 1. The summed E-state index contributed by atoms with van der Waals surface area (Å²) in [6, 6.07) is 0. The molecule has 2 rings (SSSR count). The Balaban J connectivity index is 0.00000128. The summed E-state index contributed by atoms with van der Waals surface area (Å²) in [4.78, 5) is 14.4. The average Bonchev–Trinajstić information content (AvgIpc) is 3.01. The number of amides is 1. The van der Waals surface area contributed by atoms with Crippen LogP contribution in [0.2, 0.25) is 0 Å². The Labute approximate surface area is 104 Å². The Hall–Kier alpha value is -0.280. The molecule has 0 aromatic carbocycles. The van der Waals surface area contributed by atoms with Crippen molar-refractivity contribution in [3.8, 4) is 0 Å². The number of rotatable bonds is 3. The second kappa shape index (κ2) is 5.87. The van der Waals surface area contributed by atoms with Crippen LogP contribution in [0.4, 0.5) is 0 Å². The zero-order chi connectivity index (χ0) is 10.7. The van der Waals surface area contributed by atoms with E-state index in [1.807, 2.05) is 0 Å². The van der Waals surface area contributed by atoms with E-state index in [0.717, 1.165) is 58.3 Å². The molecule has 1 aliphatic carbocycles. The van der Waals surface area contributed by atoms with Crippen LogP contribution >= 0.6 is 12.4 Å². The standard InChI is InChI=1S/C12H22N2O.ClH/c1-2-4-12(5-6-12)11(15)14-9-3-7-13-8-10-14;/h13H,2-10H2,1H3;1H. The van der Waals surface area contributed by atoms with E-state index >= 15 is 0 Å². The van der Waals surface area contributed by atoms with Crippen LogP contribution in [0.15, 0.2) is 0 Å². The lowest BCUT2D eigenvalue weighted by molar-refractivity contribution is -0.137. The molecule has 0 radical (unpaired) electrons. The van der Waals surface area contributed by atoms with Gasteiger partial charge in [0.15, 0.2) is 0 Å². The van der Waals surface area contributed by atoms with E-state index in [1.165, 1.54) is 0 Å². The third-order valence-electron chi connectivity index (χ3n) is 3.66. The molecule has 1 heterocycles. The molecule has 0 atom stereocenters. The highest BCUT2D eigenvalue weighted by atomic mass is 35.5.